The second-order valence-electron chi connectivity index (χ2n) is 6.92. The summed E-state index contributed by atoms with van der Waals surface area (Å²) in [5, 5.41) is 12.8. The first kappa shape index (κ1) is 16.2. The fourth-order valence-corrected chi connectivity index (χ4v) is 3.78. The first-order chi connectivity index (χ1) is 11.2. The molecule has 0 bridgehead atoms. The molecule has 0 saturated heterocycles. The van der Waals surface area contributed by atoms with Crippen molar-refractivity contribution >= 4 is 5.91 Å². The molecule has 0 unspecified atom stereocenters. The number of aliphatic hydroxyl groups is 1. The Labute approximate surface area is 137 Å². The molecule has 2 saturated carbocycles. The molecule has 5 heteroatoms. The van der Waals surface area contributed by atoms with E-state index >= 15 is 0 Å². The molecule has 5 nitrogen and oxygen atoms in total. The highest BCUT2D eigenvalue weighted by Gasteiger charge is 2.36. The van der Waals surface area contributed by atoms with Crippen molar-refractivity contribution in [2.24, 2.45) is 11.8 Å². The van der Waals surface area contributed by atoms with Gasteiger partial charge in [-0.2, -0.15) is 0 Å². The van der Waals surface area contributed by atoms with E-state index in [2.05, 4.69) is 10.3 Å². The van der Waals surface area contributed by atoms with Crippen LogP contribution in [0.1, 0.15) is 56.6 Å². The van der Waals surface area contributed by atoms with Gasteiger partial charge in [-0.3, -0.25) is 4.79 Å². The zero-order valence-corrected chi connectivity index (χ0v) is 13.7. The van der Waals surface area contributed by atoms with Crippen molar-refractivity contribution in [1.29, 1.82) is 0 Å². The van der Waals surface area contributed by atoms with Gasteiger partial charge in [-0.1, -0.05) is 18.9 Å². The summed E-state index contributed by atoms with van der Waals surface area (Å²) < 4.78 is 5.10. The molecule has 2 aliphatic rings. The van der Waals surface area contributed by atoms with Gasteiger partial charge in [0.05, 0.1) is 19.3 Å². The molecule has 1 aromatic rings. The molecule has 0 spiro atoms. The number of aromatic nitrogens is 1. The van der Waals surface area contributed by atoms with E-state index in [-0.39, 0.29) is 24.0 Å². The van der Waals surface area contributed by atoms with Crippen molar-refractivity contribution in [2.45, 2.75) is 57.1 Å². The van der Waals surface area contributed by atoms with Gasteiger partial charge in [0, 0.05) is 18.7 Å². The number of pyridine rings is 1. The number of nitrogens with zero attached hydrogens (tertiary/aromatic N) is 1. The molecule has 1 aromatic heterocycles. The van der Waals surface area contributed by atoms with E-state index in [9.17, 15) is 9.90 Å². The normalized spacial score (nSPS) is 25.7. The van der Waals surface area contributed by atoms with E-state index in [0.717, 1.165) is 18.4 Å². The molecule has 0 radical (unpaired) electrons. The molecule has 2 aliphatic carbocycles. The number of hydrogen-bond donors (Lipinski definition) is 2. The van der Waals surface area contributed by atoms with Gasteiger partial charge in [-0.15, -0.1) is 0 Å². The van der Waals surface area contributed by atoms with E-state index < -0.39 is 0 Å². The average molecular weight is 318 g/mol. The van der Waals surface area contributed by atoms with E-state index in [1.807, 2.05) is 12.1 Å². The number of carbonyl (C=O) groups is 1. The number of aliphatic hydroxyl groups excluding tert-OH is 1. The minimum Gasteiger partial charge on any atom is -0.481 e. The number of ether oxygens (including phenoxy) is 1. The lowest BCUT2D eigenvalue weighted by molar-refractivity contribution is -0.124. The standard InChI is InChI=1S/C18H26N2O3/c1-23-17-7-6-13(11-19-17)18(14-9-15(21)10-14)20-16(22)8-12-4-2-3-5-12/h6-7,11-12,14-15,18,21H,2-5,8-10H2,1H3,(H,20,22)/t14?,15?,18-/m0/s1. The lowest BCUT2D eigenvalue weighted by atomic mass is 9.75. The highest BCUT2D eigenvalue weighted by Crippen LogP contribution is 2.38. The van der Waals surface area contributed by atoms with Crippen LogP contribution in [0.3, 0.4) is 0 Å². The zero-order chi connectivity index (χ0) is 16.2. The number of rotatable bonds is 6. The summed E-state index contributed by atoms with van der Waals surface area (Å²) in [6.07, 6.45) is 8.46. The van der Waals surface area contributed by atoms with Crippen LogP contribution in [0.15, 0.2) is 18.3 Å². The third-order valence-corrected chi connectivity index (χ3v) is 5.21. The maximum Gasteiger partial charge on any atom is 0.220 e. The molecule has 126 valence electrons. The van der Waals surface area contributed by atoms with Crippen LogP contribution in [0.25, 0.3) is 0 Å². The largest absolute Gasteiger partial charge is 0.481 e. The van der Waals surface area contributed by atoms with Crippen LogP contribution in [0, 0.1) is 11.8 Å². The molecule has 1 amide bonds. The van der Waals surface area contributed by atoms with Crippen molar-refractivity contribution in [2.75, 3.05) is 7.11 Å². The maximum atomic E-state index is 12.4. The molecule has 1 heterocycles. The minimum absolute atomic E-state index is 0.0642. The van der Waals surface area contributed by atoms with Gasteiger partial charge in [-0.25, -0.2) is 4.98 Å². The number of nitrogens with one attached hydrogen (secondary N) is 1. The molecular formula is C18H26N2O3. The fraction of sp³-hybridized carbons (Fsp3) is 0.667. The second-order valence-corrected chi connectivity index (χ2v) is 6.92. The molecular weight excluding hydrogens is 292 g/mol. The van der Waals surface area contributed by atoms with E-state index in [4.69, 9.17) is 4.74 Å². The lowest BCUT2D eigenvalue weighted by Crippen LogP contribution is -2.41. The predicted octanol–water partition coefficient (Wildman–Crippen LogP) is 2.60. The zero-order valence-electron chi connectivity index (χ0n) is 13.7. The van der Waals surface area contributed by atoms with Crippen LogP contribution in [0.2, 0.25) is 0 Å². The Balaban J connectivity index is 1.66. The van der Waals surface area contributed by atoms with Gasteiger partial charge in [0.15, 0.2) is 0 Å². The first-order valence-corrected chi connectivity index (χ1v) is 8.63. The highest BCUT2D eigenvalue weighted by atomic mass is 16.5. The summed E-state index contributed by atoms with van der Waals surface area (Å²) in [7, 11) is 1.59. The predicted molar refractivity (Wildman–Crippen MR) is 87.0 cm³/mol. The molecule has 2 N–H and O–H groups in total. The van der Waals surface area contributed by atoms with Gasteiger partial charge >= 0.3 is 0 Å². The van der Waals surface area contributed by atoms with Crippen LogP contribution in [0.5, 0.6) is 5.88 Å². The van der Waals surface area contributed by atoms with Gasteiger partial charge in [0.1, 0.15) is 0 Å². The Morgan fingerprint density at radius 2 is 2.13 bits per heavy atom. The van der Waals surface area contributed by atoms with Crippen molar-refractivity contribution in [1.82, 2.24) is 10.3 Å². The third kappa shape index (κ3) is 4.02. The van der Waals surface area contributed by atoms with Crippen molar-refractivity contribution < 1.29 is 14.6 Å². The Bertz CT molecular complexity index is 520. The second kappa shape index (κ2) is 7.30. The summed E-state index contributed by atoms with van der Waals surface area (Å²) in [4.78, 5) is 16.7. The van der Waals surface area contributed by atoms with Gasteiger partial charge < -0.3 is 15.2 Å². The summed E-state index contributed by atoms with van der Waals surface area (Å²) in [5.74, 6) is 1.52. The van der Waals surface area contributed by atoms with Crippen molar-refractivity contribution in [3.63, 3.8) is 0 Å². The highest BCUT2D eigenvalue weighted by molar-refractivity contribution is 5.76. The Hall–Kier alpha value is -1.62. The van der Waals surface area contributed by atoms with Crippen molar-refractivity contribution in [3.05, 3.63) is 23.9 Å². The van der Waals surface area contributed by atoms with Crippen molar-refractivity contribution in [3.8, 4) is 5.88 Å². The van der Waals surface area contributed by atoms with E-state index in [1.54, 1.807) is 13.3 Å². The Morgan fingerprint density at radius 1 is 1.39 bits per heavy atom. The number of hydrogen-bond acceptors (Lipinski definition) is 4. The van der Waals surface area contributed by atoms with E-state index in [1.165, 1.54) is 25.7 Å². The topological polar surface area (TPSA) is 71.5 Å². The van der Waals surface area contributed by atoms with Gasteiger partial charge in [0.25, 0.3) is 0 Å². The number of methoxy groups -OCH3 is 1. The maximum absolute atomic E-state index is 12.4. The van der Waals surface area contributed by atoms with Crippen LogP contribution < -0.4 is 10.1 Å². The first-order valence-electron chi connectivity index (χ1n) is 8.63. The van der Waals surface area contributed by atoms with Gasteiger partial charge in [0.2, 0.25) is 11.8 Å². The SMILES string of the molecule is COc1ccc([C@H](NC(=O)CC2CCCC2)C2CC(O)C2)cn1. The number of carbonyl (C=O) groups excluding carboxylic acids is 1. The summed E-state index contributed by atoms with van der Waals surface area (Å²) in [5.41, 5.74) is 0.988. The quantitative estimate of drug-likeness (QED) is 0.846. The smallest absolute Gasteiger partial charge is 0.220 e. The molecule has 2 fully saturated rings. The Kier molecular flexibility index (Phi) is 5.16. The molecule has 23 heavy (non-hydrogen) atoms. The monoisotopic (exact) mass is 318 g/mol. The third-order valence-electron chi connectivity index (χ3n) is 5.21. The summed E-state index contributed by atoms with van der Waals surface area (Å²) >= 11 is 0. The van der Waals surface area contributed by atoms with Gasteiger partial charge in [-0.05, 0) is 43.1 Å². The summed E-state index contributed by atoms with van der Waals surface area (Å²) in [6.45, 7) is 0. The summed E-state index contributed by atoms with van der Waals surface area (Å²) in [6, 6.07) is 3.71. The molecule has 0 aromatic carbocycles. The average Bonchev–Trinajstić information content (AvgIpc) is 3.03. The van der Waals surface area contributed by atoms with Crippen LogP contribution >= 0.6 is 0 Å². The Morgan fingerprint density at radius 3 is 2.70 bits per heavy atom. The lowest BCUT2D eigenvalue weighted by Gasteiger charge is -2.38. The van der Waals surface area contributed by atoms with Crippen LogP contribution in [0.4, 0.5) is 0 Å². The molecule has 0 aliphatic heterocycles. The molecule has 3 rings (SSSR count). The van der Waals surface area contributed by atoms with Crippen LogP contribution in [-0.4, -0.2) is 29.2 Å². The number of amides is 1. The van der Waals surface area contributed by atoms with E-state index in [0.29, 0.717) is 18.2 Å². The fourth-order valence-electron chi connectivity index (χ4n) is 3.78. The minimum atomic E-state index is -0.236. The molecule has 1 atom stereocenters. The van der Waals surface area contributed by atoms with Crippen LogP contribution in [-0.2, 0) is 4.79 Å².